The van der Waals surface area contributed by atoms with Crippen LogP contribution in [0, 0.1) is 5.41 Å². The Bertz CT molecular complexity index is 355. The zero-order valence-electron chi connectivity index (χ0n) is 8.87. The van der Waals surface area contributed by atoms with Crippen LogP contribution in [0.4, 0.5) is 5.82 Å². The minimum atomic E-state index is 0.211. The second-order valence-electron chi connectivity index (χ2n) is 4.86. The lowest BCUT2D eigenvalue weighted by Crippen LogP contribution is -2.19. The molecule has 76 valence electrons. The summed E-state index contributed by atoms with van der Waals surface area (Å²) in [4.78, 5) is 4.17. The number of rotatable bonds is 0. The average Bonchev–Trinajstić information content (AvgIpc) is 2.45. The molecule has 0 amide bonds. The van der Waals surface area contributed by atoms with E-state index in [1.54, 1.807) is 0 Å². The molecule has 1 atom stereocenters. The summed E-state index contributed by atoms with van der Waals surface area (Å²) in [5.74, 6) is 1.66. The predicted octanol–water partition coefficient (Wildman–Crippen LogP) is 2.19. The van der Waals surface area contributed by atoms with Gasteiger partial charge in [0.2, 0.25) is 5.88 Å². The van der Waals surface area contributed by atoms with Gasteiger partial charge in [0.1, 0.15) is 5.82 Å². The van der Waals surface area contributed by atoms with Crippen molar-refractivity contribution in [1.29, 1.82) is 0 Å². The van der Waals surface area contributed by atoms with Crippen molar-refractivity contribution in [3.8, 4) is 5.88 Å². The van der Waals surface area contributed by atoms with E-state index in [1.807, 2.05) is 12.1 Å². The quantitative estimate of drug-likeness (QED) is 0.685. The van der Waals surface area contributed by atoms with Gasteiger partial charge in [0.05, 0.1) is 6.61 Å². The maximum Gasteiger partial charge on any atom is 0.218 e. The molecule has 0 saturated carbocycles. The van der Waals surface area contributed by atoms with Crippen molar-refractivity contribution in [3.63, 3.8) is 0 Å². The Labute approximate surface area is 84.3 Å². The van der Waals surface area contributed by atoms with Gasteiger partial charge in [-0.05, 0) is 17.5 Å². The van der Waals surface area contributed by atoms with Gasteiger partial charge in [0.25, 0.3) is 0 Å². The number of nitrogen functional groups attached to an aromatic ring is 1. The number of fused-ring (bicyclic) bond motifs is 1. The smallest absolute Gasteiger partial charge is 0.218 e. The summed E-state index contributed by atoms with van der Waals surface area (Å²) in [6.07, 6.45) is 0. The Kier molecular flexibility index (Phi) is 1.91. The second-order valence-corrected chi connectivity index (χ2v) is 4.86. The molecule has 1 aromatic heterocycles. The molecule has 0 saturated heterocycles. The van der Waals surface area contributed by atoms with Crippen LogP contribution in [0.15, 0.2) is 12.1 Å². The van der Waals surface area contributed by atoms with Gasteiger partial charge in [0, 0.05) is 11.5 Å². The SMILES string of the molecule is CC(C)(C)C1COc2nc(N)ccc21. The lowest BCUT2D eigenvalue weighted by atomic mass is 9.78. The molecule has 0 spiro atoms. The normalized spacial score (nSPS) is 20.4. The van der Waals surface area contributed by atoms with Gasteiger partial charge in [-0.25, -0.2) is 0 Å². The van der Waals surface area contributed by atoms with Gasteiger partial charge in [-0.1, -0.05) is 20.8 Å². The van der Waals surface area contributed by atoms with Crippen molar-refractivity contribution in [2.45, 2.75) is 26.7 Å². The van der Waals surface area contributed by atoms with E-state index in [0.29, 0.717) is 17.6 Å². The first-order valence-corrected chi connectivity index (χ1v) is 4.87. The van der Waals surface area contributed by atoms with Gasteiger partial charge in [-0.2, -0.15) is 4.98 Å². The first-order valence-electron chi connectivity index (χ1n) is 4.87. The molecule has 2 heterocycles. The fourth-order valence-electron chi connectivity index (χ4n) is 1.81. The van der Waals surface area contributed by atoms with Crippen LogP contribution in [0.2, 0.25) is 0 Å². The summed E-state index contributed by atoms with van der Waals surface area (Å²) in [6, 6.07) is 3.87. The Morgan fingerprint density at radius 2 is 2.14 bits per heavy atom. The summed E-state index contributed by atoms with van der Waals surface area (Å²) in [5, 5.41) is 0. The van der Waals surface area contributed by atoms with Crippen LogP contribution in [-0.4, -0.2) is 11.6 Å². The van der Waals surface area contributed by atoms with Crippen LogP contribution in [-0.2, 0) is 0 Å². The van der Waals surface area contributed by atoms with Gasteiger partial charge in [0.15, 0.2) is 0 Å². The lowest BCUT2D eigenvalue weighted by molar-refractivity contribution is 0.240. The van der Waals surface area contributed by atoms with Crippen molar-refractivity contribution in [3.05, 3.63) is 17.7 Å². The van der Waals surface area contributed by atoms with Gasteiger partial charge < -0.3 is 10.5 Å². The van der Waals surface area contributed by atoms with E-state index in [-0.39, 0.29) is 5.41 Å². The summed E-state index contributed by atoms with van der Waals surface area (Å²) < 4.78 is 5.53. The second kappa shape index (κ2) is 2.87. The van der Waals surface area contributed by atoms with E-state index in [1.165, 1.54) is 5.56 Å². The highest BCUT2D eigenvalue weighted by atomic mass is 16.5. The molecule has 1 aromatic rings. The summed E-state index contributed by atoms with van der Waals surface area (Å²) >= 11 is 0. The van der Waals surface area contributed by atoms with Crippen LogP contribution in [0.3, 0.4) is 0 Å². The van der Waals surface area contributed by atoms with Crippen LogP contribution in [0.5, 0.6) is 5.88 Å². The zero-order valence-corrected chi connectivity index (χ0v) is 8.87. The van der Waals surface area contributed by atoms with Crippen LogP contribution >= 0.6 is 0 Å². The van der Waals surface area contributed by atoms with Crippen molar-refractivity contribution in [1.82, 2.24) is 4.98 Å². The van der Waals surface area contributed by atoms with Gasteiger partial charge in [-0.3, -0.25) is 0 Å². The molecule has 0 aliphatic carbocycles. The van der Waals surface area contributed by atoms with Crippen LogP contribution < -0.4 is 10.5 Å². The van der Waals surface area contributed by atoms with E-state index < -0.39 is 0 Å². The number of aromatic nitrogens is 1. The number of nitrogens with zero attached hydrogens (tertiary/aromatic N) is 1. The largest absolute Gasteiger partial charge is 0.477 e. The topological polar surface area (TPSA) is 48.1 Å². The lowest BCUT2D eigenvalue weighted by Gasteiger charge is -2.25. The average molecular weight is 192 g/mol. The number of anilines is 1. The van der Waals surface area contributed by atoms with E-state index in [9.17, 15) is 0 Å². The monoisotopic (exact) mass is 192 g/mol. The summed E-state index contributed by atoms with van der Waals surface area (Å²) in [5.41, 5.74) is 6.99. The minimum absolute atomic E-state index is 0.211. The molecule has 1 aliphatic heterocycles. The first kappa shape index (κ1) is 9.31. The van der Waals surface area contributed by atoms with Crippen molar-refractivity contribution in [2.75, 3.05) is 12.3 Å². The number of hydrogen-bond donors (Lipinski definition) is 1. The Balaban J connectivity index is 2.41. The summed E-state index contributed by atoms with van der Waals surface area (Å²) in [6.45, 7) is 7.36. The number of ether oxygens (including phenoxy) is 1. The van der Waals surface area contributed by atoms with E-state index in [0.717, 1.165) is 6.61 Å². The van der Waals surface area contributed by atoms with Crippen molar-refractivity contribution < 1.29 is 4.74 Å². The van der Waals surface area contributed by atoms with E-state index in [4.69, 9.17) is 10.5 Å². The fraction of sp³-hybridized carbons (Fsp3) is 0.545. The highest BCUT2D eigenvalue weighted by Gasteiger charge is 2.34. The number of hydrogen-bond acceptors (Lipinski definition) is 3. The molecule has 0 fully saturated rings. The van der Waals surface area contributed by atoms with E-state index >= 15 is 0 Å². The Morgan fingerprint density at radius 1 is 1.43 bits per heavy atom. The maximum atomic E-state index is 5.59. The maximum absolute atomic E-state index is 5.59. The molecule has 0 bridgehead atoms. The third-order valence-electron chi connectivity index (χ3n) is 2.72. The fourth-order valence-corrected chi connectivity index (χ4v) is 1.81. The standard InChI is InChI=1S/C11H16N2O/c1-11(2,3)8-6-14-10-7(8)4-5-9(12)13-10/h4-5,8H,6H2,1-3H3,(H2,12,13). The molecule has 1 unspecified atom stereocenters. The van der Waals surface area contributed by atoms with Gasteiger partial charge >= 0.3 is 0 Å². The third-order valence-corrected chi connectivity index (χ3v) is 2.72. The van der Waals surface area contributed by atoms with Gasteiger partial charge in [-0.15, -0.1) is 0 Å². The molecular weight excluding hydrogens is 176 g/mol. The molecule has 2 rings (SSSR count). The van der Waals surface area contributed by atoms with Crippen LogP contribution in [0.1, 0.15) is 32.3 Å². The van der Waals surface area contributed by atoms with Crippen molar-refractivity contribution in [2.24, 2.45) is 5.41 Å². The number of nitrogens with two attached hydrogens (primary N) is 1. The third kappa shape index (κ3) is 1.43. The molecule has 0 radical (unpaired) electrons. The molecule has 3 heteroatoms. The predicted molar refractivity (Wildman–Crippen MR) is 56.3 cm³/mol. The molecule has 3 nitrogen and oxygen atoms in total. The highest BCUT2D eigenvalue weighted by molar-refractivity contribution is 5.42. The zero-order chi connectivity index (χ0) is 10.3. The highest BCUT2D eigenvalue weighted by Crippen LogP contribution is 2.43. The molecule has 1 aliphatic rings. The van der Waals surface area contributed by atoms with Crippen LogP contribution in [0.25, 0.3) is 0 Å². The van der Waals surface area contributed by atoms with E-state index in [2.05, 4.69) is 25.8 Å². The molecular formula is C11H16N2O. The molecule has 2 N–H and O–H groups in total. The molecule has 0 aromatic carbocycles. The number of pyridine rings is 1. The molecule has 14 heavy (non-hydrogen) atoms. The Hall–Kier alpha value is -1.25. The van der Waals surface area contributed by atoms with Crippen molar-refractivity contribution >= 4 is 5.82 Å². The first-order chi connectivity index (χ1) is 6.48. The minimum Gasteiger partial charge on any atom is -0.477 e. The summed E-state index contributed by atoms with van der Waals surface area (Å²) in [7, 11) is 0. The Morgan fingerprint density at radius 3 is 2.79 bits per heavy atom.